The molecular weight excluding hydrogens is 130 g/mol. The Balaban J connectivity index is 2.54. The van der Waals surface area contributed by atoms with Gasteiger partial charge in [-0.15, -0.1) is 0 Å². The number of para-hydroxylation sites is 1. The van der Waals surface area contributed by atoms with Crippen molar-refractivity contribution in [2.45, 2.75) is 0 Å². The summed E-state index contributed by atoms with van der Waals surface area (Å²) in [7, 11) is 0. The van der Waals surface area contributed by atoms with E-state index in [1.807, 2.05) is 24.3 Å². The lowest BCUT2D eigenvalue weighted by Gasteiger charge is -1.92. The lowest BCUT2D eigenvalue weighted by Crippen LogP contribution is -1.76. The Morgan fingerprint density at radius 2 is 2.22 bits per heavy atom. The molecule has 1 aromatic rings. The van der Waals surface area contributed by atoms with Crippen LogP contribution in [0.4, 0.5) is 5.69 Å². The Kier molecular flexibility index (Phi) is 1.12. The second kappa shape index (κ2) is 1.95. The lowest BCUT2D eigenvalue weighted by atomic mass is 10.2. The van der Waals surface area contributed by atoms with Crippen LogP contribution in [0.25, 0.3) is 0 Å². The number of benzene rings is 1. The molecule has 2 heteroatoms. The van der Waals surface area contributed by atoms with Crippen molar-refractivity contribution >= 4 is 17.6 Å². The monoisotopic (exact) mass is 135 g/mol. The summed E-state index contributed by atoms with van der Waals surface area (Å²) in [4.78, 5) is 0. The third-order valence-corrected chi connectivity index (χ3v) is 1.89. The molecule has 2 rings (SSSR count). The highest BCUT2D eigenvalue weighted by Crippen LogP contribution is 2.31. The fourth-order valence-electron chi connectivity index (χ4n) is 0.797. The molecule has 1 nitrogen and oxygen atoms in total. The molecule has 9 heavy (non-hydrogen) atoms. The fraction of sp³-hybridized carbons (Fsp3) is 0. The molecule has 0 saturated heterocycles. The molecule has 0 unspecified atom stereocenters. The first-order chi connectivity index (χ1) is 4.47. The Hall–Kier alpha value is -0.630. The van der Waals surface area contributed by atoms with E-state index in [1.54, 1.807) is 0 Å². The maximum Gasteiger partial charge on any atom is 0.107 e. The Bertz CT molecular complexity index is 199. The van der Waals surface area contributed by atoms with Crippen LogP contribution in [-0.4, -0.2) is 0 Å². The quantitative estimate of drug-likeness (QED) is 0.547. The van der Waals surface area contributed by atoms with Crippen molar-refractivity contribution in [3.8, 4) is 0 Å². The van der Waals surface area contributed by atoms with Crippen LogP contribution in [0.2, 0.25) is 0 Å². The number of anilines is 1. The van der Waals surface area contributed by atoms with Crippen molar-refractivity contribution in [3.05, 3.63) is 35.6 Å². The average Bonchev–Trinajstić information content (AvgIpc) is 2.33. The first-order valence-corrected chi connectivity index (χ1v) is 3.55. The molecule has 0 spiro atoms. The van der Waals surface area contributed by atoms with E-state index in [1.165, 1.54) is 23.2 Å². The molecule has 0 saturated carbocycles. The summed E-state index contributed by atoms with van der Waals surface area (Å²) in [5, 5.41) is 0. The minimum Gasteiger partial charge on any atom is -0.329 e. The second-order valence-electron chi connectivity index (χ2n) is 1.85. The number of nitrogens with one attached hydrogen (secondary N) is 1. The molecule has 0 amide bonds. The standard InChI is InChI=1S/C7H5NS/c1-2-4-7-6(3-1)5-9-8-7/h1-4,8H. The van der Waals surface area contributed by atoms with E-state index in [-0.39, 0.29) is 0 Å². The maximum absolute atomic E-state index is 3.11. The second-order valence-corrected chi connectivity index (χ2v) is 2.46. The van der Waals surface area contributed by atoms with Gasteiger partial charge in [0, 0.05) is 5.69 Å². The van der Waals surface area contributed by atoms with Crippen LogP contribution in [0.5, 0.6) is 0 Å². The molecule has 1 aliphatic rings. The van der Waals surface area contributed by atoms with E-state index >= 15 is 0 Å². The van der Waals surface area contributed by atoms with Crippen LogP contribution in [-0.2, 0) is 0 Å². The van der Waals surface area contributed by atoms with Gasteiger partial charge in [0.1, 0.15) is 5.75 Å². The van der Waals surface area contributed by atoms with E-state index in [0.29, 0.717) is 0 Å². The van der Waals surface area contributed by atoms with Crippen molar-refractivity contribution in [2.24, 2.45) is 0 Å². The van der Waals surface area contributed by atoms with Crippen LogP contribution in [0.1, 0.15) is 5.56 Å². The summed E-state index contributed by atoms with van der Waals surface area (Å²) in [6.07, 6.45) is 0. The predicted octanol–water partition coefficient (Wildman–Crippen LogP) is 2.15. The molecule has 1 heterocycles. The summed E-state index contributed by atoms with van der Waals surface area (Å²) in [5.41, 5.74) is 2.34. The van der Waals surface area contributed by atoms with Crippen LogP contribution in [0.3, 0.4) is 0 Å². The molecule has 2 radical (unpaired) electrons. The first kappa shape index (κ1) is 5.18. The molecule has 44 valence electrons. The zero-order valence-corrected chi connectivity index (χ0v) is 5.53. The largest absolute Gasteiger partial charge is 0.329 e. The molecule has 1 aromatic carbocycles. The van der Waals surface area contributed by atoms with E-state index in [2.05, 4.69) is 10.5 Å². The summed E-state index contributed by atoms with van der Waals surface area (Å²) >= 11 is 1.50. The Labute approximate surface area is 58.6 Å². The Morgan fingerprint density at radius 1 is 1.33 bits per heavy atom. The van der Waals surface area contributed by atoms with Crippen molar-refractivity contribution in [2.75, 3.05) is 4.72 Å². The van der Waals surface area contributed by atoms with Gasteiger partial charge in [-0.25, -0.2) is 0 Å². The summed E-state index contributed by atoms with van der Waals surface area (Å²) < 4.78 is 3.11. The fourth-order valence-corrected chi connectivity index (χ4v) is 1.42. The summed E-state index contributed by atoms with van der Waals surface area (Å²) in [5.74, 6) is 3.11. The first-order valence-electron chi connectivity index (χ1n) is 2.74. The maximum atomic E-state index is 3.11. The van der Waals surface area contributed by atoms with Gasteiger partial charge in [0.25, 0.3) is 0 Å². The molecule has 0 aromatic heterocycles. The zero-order valence-electron chi connectivity index (χ0n) is 4.72. The van der Waals surface area contributed by atoms with Crippen LogP contribution < -0.4 is 4.72 Å². The molecule has 0 bridgehead atoms. The summed E-state index contributed by atoms with van der Waals surface area (Å²) in [6.45, 7) is 0. The van der Waals surface area contributed by atoms with E-state index < -0.39 is 0 Å². The van der Waals surface area contributed by atoms with Crippen molar-refractivity contribution < 1.29 is 0 Å². The minimum absolute atomic E-state index is 1.17. The topological polar surface area (TPSA) is 12.0 Å². The van der Waals surface area contributed by atoms with Crippen molar-refractivity contribution in [1.29, 1.82) is 0 Å². The van der Waals surface area contributed by atoms with Crippen LogP contribution in [0, 0.1) is 5.75 Å². The molecule has 1 aliphatic heterocycles. The van der Waals surface area contributed by atoms with Crippen LogP contribution in [0.15, 0.2) is 24.3 Å². The third-order valence-electron chi connectivity index (χ3n) is 1.25. The number of fused-ring (bicyclic) bond motifs is 1. The number of hydrogen-bond acceptors (Lipinski definition) is 2. The van der Waals surface area contributed by atoms with Gasteiger partial charge in [-0.1, -0.05) is 18.2 Å². The van der Waals surface area contributed by atoms with Gasteiger partial charge < -0.3 is 4.72 Å². The summed E-state index contributed by atoms with van der Waals surface area (Å²) in [6, 6.07) is 8.11. The van der Waals surface area contributed by atoms with Gasteiger partial charge in [0.15, 0.2) is 0 Å². The molecule has 1 N–H and O–H groups in total. The predicted molar refractivity (Wildman–Crippen MR) is 40.0 cm³/mol. The average molecular weight is 135 g/mol. The van der Waals surface area contributed by atoms with Gasteiger partial charge in [0.05, 0.1) is 0 Å². The number of hydrogen-bond donors (Lipinski definition) is 1. The van der Waals surface area contributed by atoms with Gasteiger partial charge in [-0.05, 0) is 23.6 Å². The highest BCUT2D eigenvalue weighted by atomic mass is 32.2. The van der Waals surface area contributed by atoms with Gasteiger partial charge in [0.2, 0.25) is 0 Å². The minimum atomic E-state index is 1.17. The van der Waals surface area contributed by atoms with Gasteiger partial charge in [-0.3, -0.25) is 0 Å². The molecule has 0 atom stereocenters. The lowest BCUT2D eigenvalue weighted by molar-refractivity contribution is 1.62. The van der Waals surface area contributed by atoms with E-state index in [9.17, 15) is 0 Å². The number of rotatable bonds is 0. The smallest absolute Gasteiger partial charge is 0.107 e. The van der Waals surface area contributed by atoms with E-state index in [4.69, 9.17) is 0 Å². The molecule has 0 aliphatic carbocycles. The Morgan fingerprint density at radius 3 is 3.11 bits per heavy atom. The molecular formula is C7H5NS. The van der Waals surface area contributed by atoms with Crippen molar-refractivity contribution in [3.63, 3.8) is 0 Å². The van der Waals surface area contributed by atoms with Crippen LogP contribution >= 0.6 is 11.9 Å². The zero-order chi connectivity index (χ0) is 6.10. The SMILES string of the molecule is [C]1SNc2ccccc21. The van der Waals surface area contributed by atoms with Crippen molar-refractivity contribution in [1.82, 2.24) is 0 Å². The van der Waals surface area contributed by atoms with Gasteiger partial charge >= 0.3 is 0 Å². The molecule has 0 fully saturated rings. The van der Waals surface area contributed by atoms with E-state index in [0.717, 1.165) is 0 Å². The highest BCUT2D eigenvalue weighted by Gasteiger charge is 2.08. The normalized spacial score (nSPS) is 14.7. The highest BCUT2D eigenvalue weighted by molar-refractivity contribution is 8.03. The third kappa shape index (κ3) is 0.793. The van der Waals surface area contributed by atoms with Gasteiger partial charge in [-0.2, -0.15) is 0 Å².